The molecule has 1 heterocycles. The van der Waals surface area contributed by atoms with Crippen molar-refractivity contribution in [2.45, 2.75) is 0 Å². The topological polar surface area (TPSA) is 12.9 Å². The third-order valence-corrected chi connectivity index (χ3v) is 9.51. The van der Waals surface area contributed by atoms with Crippen LogP contribution in [-0.4, -0.2) is 4.98 Å². The van der Waals surface area contributed by atoms with Gasteiger partial charge in [-0.1, -0.05) is 152 Å². The summed E-state index contributed by atoms with van der Waals surface area (Å²) in [5, 5.41) is 7.47. The summed E-state index contributed by atoms with van der Waals surface area (Å²) in [4.78, 5) is 4.61. The van der Waals surface area contributed by atoms with Gasteiger partial charge in [-0.05, 0) is 107 Å². The molecular weight excluding hydrogens is 579 g/mol. The summed E-state index contributed by atoms with van der Waals surface area (Å²) in [5.74, 6) is 0. The molecule has 0 N–H and O–H groups in total. The molecule has 0 saturated carbocycles. The molecule has 0 unspecified atom stereocenters. The van der Waals surface area contributed by atoms with Crippen molar-refractivity contribution in [1.29, 1.82) is 0 Å². The third-order valence-electron chi connectivity index (χ3n) is 9.51. The summed E-state index contributed by atoms with van der Waals surface area (Å²) in [6.07, 6.45) is 1.85. The maximum atomic E-state index is 4.61. The van der Waals surface area contributed by atoms with Gasteiger partial charge in [-0.2, -0.15) is 0 Å². The van der Waals surface area contributed by atoms with Crippen LogP contribution in [0.2, 0.25) is 0 Å². The molecule has 1 heteroatoms. The zero-order chi connectivity index (χ0) is 31.9. The van der Waals surface area contributed by atoms with Gasteiger partial charge in [-0.15, -0.1) is 0 Å². The molecule has 1 nitrogen and oxygen atoms in total. The molecule has 0 saturated heterocycles. The van der Waals surface area contributed by atoms with Crippen LogP contribution in [-0.2, 0) is 0 Å². The number of rotatable bonds is 5. The zero-order valence-corrected chi connectivity index (χ0v) is 26.3. The van der Waals surface area contributed by atoms with E-state index in [9.17, 15) is 0 Å². The molecule has 0 radical (unpaired) electrons. The predicted octanol–water partition coefficient (Wildman–Crippen LogP) is 12.9. The van der Waals surface area contributed by atoms with Gasteiger partial charge >= 0.3 is 0 Å². The molecule has 0 bridgehead atoms. The highest BCUT2D eigenvalue weighted by molar-refractivity contribution is 6.10. The highest BCUT2D eigenvalue weighted by Crippen LogP contribution is 2.43. The molecule has 9 rings (SSSR count). The number of aromatic nitrogens is 1. The fourth-order valence-electron chi connectivity index (χ4n) is 7.21. The normalized spacial score (nSPS) is 11.3. The average Bonchev–Trinajstić information content (AvgIpc) is 3.17. The van der Waals surface area contributed by atoms with E-state index in [1.807, 2.05) is 18.3 Å². The molecule has 0 atom stereocenters. The van der Waals surface area contributed by atoms with Crippen molar-refractivity contribution in [3.8, 4) is 55.8 Å². The lowest BCUT2D eigenvalue weighted by Crippen LogP contribution is -1.91. The van der Waals surface area contributed by atoms with E-state index >= 15 is 0 Å². The van der Waals surface area contributed by atoms with Crippen molar-refractivity contribution in [2.24, 2.45) is 0 Å². The molecule has 1 aromatic heterocycles. The number of hydrogen-bond acceptors (Lipinski definition) is 1. The minimum absolute atomic E-state index is 0.976. The molecule has 8 aromatic carbocycles. The van der Waals surface area contributed by atoms with Gasteiger partial charge in [-0.25, -0.2) is 0 Å². The molecular formula is C47H31N. The second-order valence-corrected chi connectivity index (χ2v) is 12.4. The first-order valence-electron chi connectivity index (χ1n) is 16.5. The Morgan fingerprint density at radius 1 is 0.292 bits per heavy atom. The zero-order valence-electron chi connectivity index (χ0n) is 26.3. The van der Waals surface area contributed by atoms with Crippen LogP contribution in [0.5, 0.6) is 0 Å². The van der Waals surface area contributed by atoms with Gasteiger partial charge in [0.25, 0.3) is 0 Å². The SMILES string of the molecule is c1ccc(-c2cccc(-c3cccc(-c4c(-c5cccc6ccccc56)ccc5ccc(-c6cccc7ccccc67)cc45)c3)c2)nc1. The first kappa shape index (κ1) is 28.0. The van der Waals surface area contributed by atoms with Gasteiger partial charge in [0.1, 0.15) is 0 Å². The highest BCUT2D eigenvalue weighted by Gasteiger charge is 2.16. The lowest BCUT2D eigenvalue weighted by Gasteiger charge is -2.18. The van der Waals surface area contributed by atoms with E-state index < -0.39 is 0 Å². The Kier molecular flexibility index (Phi) is 6.87. The van der Waals surface area contributed by atoms with Gasteiger partial charge in [0.15, 0.2) is 0 Å². The van der Waals surface area contributed by atoms with Gasteiger partial charge in [0.05, 0.1) is 5.69 Å². The molecule has 0 fully saturated rings. The molecule has 48 heavy (non-hydrogen) atoms. The first-order chi connectivity index (χ1) is 23.8. The minimum Gasteiger partial charge on any atom is -0.256 e. The van der Waals surface area contributed by atoms with Crippen LogP contribution in [0.25, 0.3) is 88.1 Å². The maximum absolute atomic E-state index is 4.61. The second kappa shape index (κ2) is 11.8. The van der Waals surface area contributed by atoms with E-state index in [2.05, 4.69) is 175 Å². The number of fused-ring (bicyclic) bond motifs is 3. The van der Waals surface area contributed by atoms with Crippen LogP contribution in [0, 0.1) is 0 Å². The van der Waals surface area contributed by atoms with Crippen molar-refractivity contribution >= 4 is 32.3 Å². The van der Waals surface area contributed by atoms with Gasteiger partial charge in [-0.3, -0.25) is 4.98 Å². The Balaban J connectivity index is 1.30. The number of nitrogens with zero attached hydrogens (tertiary/aromatic N) is 1. The largest absolute Gasteiger partial charge is 0.256 e. The van der Waals surface area contributed by atoms with E-state index in [4.69, 9.17) is 0 Å². The Labute approximate surface area is 280 Å². The first-order valence-corrected chi connectivity index (χ1v) is 16.5. The van der Waals surface area contributed by atoms with Crippen LogP contribution in [0.4, 0.5) is 0 Å². The third kappa shape index (κ3) is 4.94. The Bertz CT molecular complexity index is 2600. The molecule has 0 amide bonds. The van der Waals surface area contributed by atoms with Crippen molar-refractivity contribution in [3.63, 3.8) is 0 Å². The van der Waals surface area contributed by atoms with E-state index in [0.29, 0.717) is 0 Å². The summed E-state index contributed by atoms with van der Waals surface area (Å²) >= 11 is 0. The summed E-state index contributed by atoms with van der Waals surface area (Å²) in [7, 11) is 0. The van der Waals surface area contributed by atoms with Crippen LogP contribution >= 0.6 is 0 Å². The van der Waals surface area contributed by atoms with Gasteiger partial charge < -0.3 is 0 Å². The quantitative estimate of drug-likeness (QED) is 0.189. The number of benzene rings is 8. The van der Waals surface area contributed by atoms with Gasteiger partial charge in [0, 0.05) is 11.8 Å². The Morgan fingerprint density at radius 2 is 0.854 bits per heavy atom. The molecule has 224 valence electrons. The fraction of sp³-hybridized carbons (Fsp3) is 0. The van der Waals surface area contributed by atoms with E-state index in [0.717, 1.165) is 11.3 Å². The summed E-state index contributed by atoms with van der Waals surface area (Å²) < 4.78 is 0. The van der Waals surface area contributed by atoms with Crippen LogP contribution in [0.3, 0.4) is 0 Å². The number of hydrogen-bond donors (Lipinski definition) is 0. The van der Waals surface area contributed by atoms with Crippen LogP contribution in [0.1, 0.15) is 0 Å². The van der Waals surface area contributed by atoms with Crippen LogP contribution < -0.4 is 0 Å². The van der Waals surface area contributed by atoms with Crippen molar-refractivity contribution in [2.75, 3.05) is 0 Å². The maximum Gasteiger partial charge on any atom is 0.0702 e. The standard InChI is InChI=1S/C47H31N/c1-3-19-40-32(11-1)13-9-21-42(40)37-25-24-34-26-27-44(43-22-10-14-33-12-2-4-20-41(33)43)47(45(34)31-37)39-18-8-16-36(30-39)35-15-7-17-38(29-35)46-23-5-6-28-48-46/h1-31H. The molecule has 0 aliphatic rings. The smallest absolute Gasteiger partial charge is 0.0702 e. The lowest BCUT2D eigenvalue weighted by atomic mass is 9.85. The van der Waals surface area contributed by atoms with Crippen molar-refractivity contribution in [3.05, 3.63) is 188 Å². The lowest BCUT2D eigenvalue weighted by molar-refractivity contribution is 1.33. The summed E-state index contributed by atoms with van der Waals surface area (Å²) in [6, 6.07) is 65.9. The molecule has 0 spiro atoms. The molecule has 0 aliphatic carbocycles. The number of pyridine rings is 1. The van der Waals surface area contributed by atoms with E-state index in [1.165, 1.54) is 76.8 Å². The molecule has 9 aromatic rings. The second-order valence-electron chi connectivity index (χ2n) is 12.4. The Morgan fingerprint density at radius 3 is 1.60 bits per heavy atom. The van der Waals surface area contributed by atoms with E-state index in [1.54, 1.807) is 0 Å². The highest BCUT2D eigenvalue weighted by atomic mass is 14.7. The van der Waals surface area contributed by atoms with E-state index in [-0.39, 0.29) is 0 Å². The predicted molar refractivity (Wildman–Crippen MR) is 204 cm³/mol. The minimum atomic E-state index is 0.976. The summed E-state index contributed by atoms with van der Waals surface area (Å²) in [6.45, 7) is 0. The van der Waals surface area contributed by atoms with Crippen molar-refractivity contribution < 1.29 is 0 Å². The molecule has 0 aliphatic heterocycles. The average molecular weight is 610 g/mol. The van der Waals surface area contributed by atoms with Crippen molar-refractivity contribution in [1.82, 2.24) is 4.98 Å². The Hall–Kier alpha value is -6.31. The van der Waals surface area contributed by atoms with Gasteiger partial charge in [0.2, 0.25) is 0 Å². The summed E-state index contributed by atoms with van der Waals surface area (Å²) in [5.41, 5.74) is 11.8. The fourth-order valence-corrected chi connectivity index (χ4v) is 7.21. The monoisotopic (exact) mass is 609 g/mol. The van der Waals surface area contributed by atoms with Crippen LogP contribution in [0.15, 0.2) is 188 Å².